The van der Waals surface area contributed by atoms with Gasteiger partial charge in [-0.15, -0.1) is 0 Å². The van der Waals surface area contributed by atoms with Crippen molar-refractivity contribution in [1.82, 2.24) is 9.97 Å². The molecular formula is C24H30N4. The van der Waals surface area contributed by atoms with Crippen LogP contribution in [0.15, 0.2) is 54.6 Å². The molecule has 0 fully saturated rings. The van der Waals surface area contributed by atoms with Gasteiger partial charge in [0.1, 0.15) is 11.6 Å². The molecule has 4 nitrogen and oxygen atoms in total. The first-order valence-corrected chi connectivity index (χ1v) is 9.95. The van der Waals surface area contributed by atoms with E-state index in [9.17, 15) is 0 Å². The monoisotopic (exact) mass is 374 g/mol. The molecule has 0 saturated carbocycles. The average molecular weight is 375 g/mol. The maximum absolute atomic E-state index is 4.65. The van der Waals surface area contributed by atoms with E-state index in [1.54, 1.807) is 0 Å². The summed E-state index contributed by atoms with van der Waals surface area (Å²) in [6.45, 7) is 6.33. The number of anilines is 2. The molecule has 0 saturated heterocycles. The third kappa shape index (κ3) is 4.89. The lowest BCUT2D eigenvalue weighted by Crippen LogP contribution is -2.10. The van der Waals surface area contributed by atoms with E-state index in [1.807, 2.05) is 27.1 Å². The molecule has 0 radical (unpaired) electrons. The van der Waals surface area contributed by atoms with Crippen LogP contribution in [0.1, 0.15) is 43.3 Å². The van der Waals surface area contributed by atoms with Gasteiger partial charge in [0.15, 0.2) is 0 Å². The molecular weight excluding hydrogens is 344 g/mol. The van der Waals surface area contributed by atoms with Crippen molar-refractivity contribution >= 4 is 11.5 Å². The van der Waals surface area contributed by atoms with Gasteiger partial charge >= 0.3 is 0 Å². The van der Waals surface area contributed by atoms with Gasteiger partial charge in [-0.05, 0) is 43.5 Å². The standard InChI is InChI=1S/C24H30N4/c1-6-9-19-10-7-11-20(14-19)17(2)25-24-16-23(26-18(3)27-24)21-12-8-13-22(15-21)28(4)5/h7-8,10-17H,6,9H2,1-5H3,(H,25,26,27). The maximum atomic E-state index is 4.65. The fourth-order valence-electron chi connectivity index (χ4n) is 3.34. The molecule has 0 aliphatic heterocycles. The number of aromatic nitrogens is 2. The molecule has 0 aliphatic rings. The van der Waals surface area contributed by atoms with Gasteiger partial charge < -0.3 is 10.2 Å². The predicted molar refractivity (Wildman–Crippen MR) is 119 cm³/mol. The minimum Gasteiger partial charge on any atom is -0.378 e. The Morgan fingerprint density at radius 3 is 2.54 bits per heavy atom. The smallest absolute Gasteiger partial charge is 0.130 e. The van der Waals surface area contributed by atoms with Crippen LogP contribution < -0.4 is 10.2 Å². The maximum Gasteiger partial charge on any atom is 0.130 e. The zero-order valence-corrected chi connectivity index (χ0v) is 17.5. The lowest BCUT2D eigenvalue weighted by molar-refractivity contribution is 0.856. The fourth-order valence-corrected chi connectivity index (χ4v) is 3.34. The van der Waals surface area contributed by atoms with E-state index >= 15 is 0 Å². The predicted octanol–water partition coefficient (Wildman–Crippen LogP) is 5.64. The molecule has 1 N–H and O–H groups in total. The van der Waals surface area contributed by atoms with E-state index in [0.717, 1.165) is 41.4 Å². The van der Waals surface area contributed by atoms with Crippen molar-refractivity contribution in [2.24, 2.45) is 0 Å². The summed E-state index contributed by atoms with van der Waals surface area (Å²) in [6.07, 6.45) is 2.27. The van der Waals surface area contributed by atoms with Crippen LogP contribution in [-0.2, 0) is 6.42 Å². The molecule has 0 amide bonds. The topological polar surface area (TPSA) is 41.0 Å². The number of nitrogens with one attached hydrogen (secondary N) is 1. The SMILES string of the molecule is CCCc1cccc(C(C)Nc2cc(-c3cccc(N(C)C)c3)nc(C)n2)c1. The van der Waals surface area contributed by atoms with Crippen LogP contribution in [0.3, 0.4) is 0 Å². The molecule has 1 unspecified atom stereocenters. The first-order chi connectivity index (χ1) is 13.5. The summed E-state index contributed by atoms with van der Waals surface area (Å²) in [7, 11) is 4.09. The minimum atomic E-state index is 0.173. The van der Waals surface area contributed by atoms with E-state index in [0.29, 0.717) is 0 Å². The Hall–Kier alpha value is -2.88. The highest BCUT2D eigenvalue weighted by molar-refractivity contribution is 5.67. The molecule has 0 aliphatic carbocycles. The summed E-state index contributed by atoms with van der Waals surface area (Å²) < 4.78 is 0. The number of aryl methyl sites for hydroxylation is 2. The van der Waals surface area contributed by atoms with Gasteiger partial charge in [0.2, 0.25) is 0 Å². The highest BCUT2D eigenvalue weighted by Gasteiger charge is 2.10. The van der Waals surface area contributed by atoms with Gasteiger partial charge in [0.25, 0.3) is 0 Å². The molecule has 4 heteroatoms. The van der Waals surface area contributed by atoms with E-state index in [1.165, 1.54) is 11.1 Å². The third-order valence-electron chi connectivity index (χ3n) is 4.85. The summed E-state index contributed by atoms with van der Waals surface area (Å²) in [5, 5.41) is 3.55. The summed E-state index contributed by atoms with van der Waals surface area (Å²) in [6, 6.07) is 19.4. The van der Waals surface area contributed by atoms with E-state index < -0.39 is 0 Å². The Labute approximate surface area is 168 Å². The quantitative estimate of drug-likeness (QED) is 0.581. The second-order valence-corrected chi connectivity index (χ2v) is 7.49. The highest BCUT2D eigenvalue weighted by atomic mass is 15.1. The summed E-state index contributed by atoms with van der Waals surface area (Å²) in [5.41, 5.74) is 5.85. The van der Waals surface area contributed by atoms with Gasteiger partial charge in [-0.1, -0.05) is 49.7 Å². The lowest BCUT2D eigenvalue weighted by Gasteiger charge is -2.17. The Morgan fingerprint density at radius 1 is 1.00 bits per heavy atom. The van der Waals surface area contributed by atoms with Crippen molar-refractivity contribution < 1.29 is 0 Å². The first-order valence-electron chi connectivity index (χ1n) is 9.95. The zero-order chi connectivity index (χ0) is 20.1. The third-order valence-corrected chi connectivity index (χ3v) is 4.85. The average Bonchev–Trinajstić information content (AvgIpc) is 2.68. The molecule has 0 spiro atoms. The molecule has 2 aromatic carbocycles. The van der Waals surface area contributed by atoms with Crippen molar-refractivity contribution in [2.75, 3.05) is 24.3 Å². The van der Waals surface area contributed by atoms with Gasteiger partial charge in [-0.25, -0.2) is 9.97 Å². The van der Waals surface area contributed by atoms with Crippen LogP contribution in [0.4, 0.5) is 11.5 Å². The van der Waals surface area contributed by atoms with E-state index in [-0.39, 0.29) is 6.04 Å². The van der Waals surface area contributed by atoms with Crippen molar-refractivity contribution in [3.8, 4) is 11.3 Å². The van der Waals surface area contributed by atoms with Crippen LogP contribution in [0.25, 0.3) is 11.3 Å². The van der Waals surface area contributed by atoms with Crippen molar-refractivity contribution in [2.45, 2.75) is 39.7 Å². The summed E-state index contributed by atoms with van der Waals surface area (Å²) in [5.74, 6) is 1.62. The second kappa shape index (κ2) is 8.87. The lowest BCUT2D eigenvalue weighted by atomic mass is 10.0. The Morgan fingerprint density at radius 2 is 1.79 bits per heavy atom. The summed E-state index contributed by atoms with van der Waals surface area (Å²) in [4.78, 5) is 11.4. The van der Waals surface area contributed by atoms with E-state index in [2.05, 4.69) is 82.6 Å². The molecule has 1 atom stereocenters. The number of hydrogen-bond donors (Lipinski definition) is 1. The fraction of sp³-hybridized carbons (Fsp3) is 0.333. The second-order valence-electron chi connectivity index (χ2n) is 7.49. The molecule has 146 valence electrons. The molecule has 1 aromatic heterocycles. The normalized spacial score (nSPS) is 11.9. The van der Waals surface area contributed by atoms with Crippen LogP contribution in [-0.4, -0.2) is 24.1 Å². The van der Waals surface area contributed by atoms with Gasteiger partial charge in [-0.2, -0.15) is 0 Å². The van der Waals surface area contributed by atoms with Crippen LogP contribution in [0.2, 0.25) is 0 Å². The largest absolute Gasteiger partial charge is 0.378 e. The van der Waals surface area contributed by atoms with Crippen molar-refractivity contribution in [3.05, 3.63) is 71.5 Å². The molecule has 28 heavy (non-hydrogen) atoms. The van der Waals surface area contributed by atoms with Crippen LogP contribution in [0, 0.1) is 6.92 Å². The molecule has 1 heterocycles. The number of nitrogens with zero attached hydrogens (tertiary/aromatic N) is 3. The number of hydrogen-bond acceptors (Lipinski definition) is 4. The molecule has 0 bridgehead atoms. The summed E-state index contributed by atoms with van der Waals surface area (Å²) >= 11 is 0. The number of rotatable bonds is 7. The van der Waals surface area contributed by atoms with Gasteiger partial charge in [0.05, 0.1) is 5.69 Å². The first kappa shape index (κ1) is 19.9. The van der Waals surface area contributed by atoms with Crippen molar-refractivity contribution in [3.63, 3.8) is 0 Å². The molecule has 3 rings (SSSR count). The van der Waals surface area contributed by atoms with Crippen LogP contribution >= 0.6 is 0 Å². The van der Waals surface area contributed by atoms with Crippen molar-refractivity contribution in [1.29, 1.82) is 0 Å². The Balaban J connectivity index is 1.85. The van der Waals surface area contributed by atoms with Crippen LogP contribution in [0.5, 0.6) is 0 Å². The zero-order valence-electron chi connectivity index (χ0n) is 17.5. The Bertz CT molecular complexity index is 933. The minimum absolute atomic E-state index is 0.173. The van der Waals surface area contributed by atoms with Gasteiger partial charge in [0, 0.05) is 37.5 Å². The number of benzene rings is 2. The van der Waals surface area contributed by atoms with E-state index in [4.69, 9.17) is 0 Å². The molecule has 3 aromatic rings. The Kier molecular flexibility index (Phi) is 6.30. The highest BCUT2D eigenvalue weighted by Crippen LogP contribution is 2.26. The van der Waals surface area contributed by atoms with Gasteiger partial charge in [-0.3, -0.25) is 0 Å².